The average molecular weight is 505 g/mol. The molecule has 0 aliphatic carbocycles. The van der Waals surface area contributed by atoms with Crippen LogP contribution < -0.4 is 4.90 Å². The van der Waals surface area contributed by atoms with Crippen LogP contribution in [-0.4, -0.2) is 45.5 Å². The number of carbonyl (C=O) groups is 1. The highest BCUT2D eigenvalue weighted by Gasteiger charge is 2.34. The molecule has 1 aromatic heterocycles. The van der Waals surface area contributed by atoms with E-state index < -0.39 is 0 Å². The summed E-state index contributed by atoms with van der Waals surface area (Å²) in [4.78, 5) is 19.6. The fourth-order valence-electron chi connectivity index (χ4n) is 4.08. The molecule has 0 saturated heterocycles. The second-order valence-corrected chi connectivity index (χ2v) is 9.32. The molecule has 0 spiro atoms. The van der Waals surface area contributed by atoms with Crippen LogP contribution in [-0.2, 0) is 0 Å². The zero-order valence-corrected chi connectivity index (χ0v) is 20.6. The first-order valence-corrected chi connectivity index (χ1v) is 11.7. The predicted octanol–water partition coefficient (Wildman–Crippen LogP) is 5.63. The minimum Gasteiger partial charge on any atom is -0.378 e. The van der Waals surface area contributed by atoms with Crippen LogP contribution in [0, 0.1) is 0 Å². The molecule has 7 nitrogen and oxygen atoms in total. The SMILES string of the molecule is CN(C)c1ccc(C2CC(c3ccc(-n4cncn4)cc3)=NN2C(=O)c2cc(Cl)cc(Cl)c2)cc1. The van der Waals surface area contributed by atoms with Gasteiger partial charge in [0.1, 0.15) is 12.7 Å². The van der Waals surface area contributed by atoms with Gasteiger partial charge in [-0.3, -0.25) is 4.79 Å². The number of hydrazone groups is 1. The van der Waals surface area contributed by atoms with Gasteiger partial charge in [-0.25, -0.2) is 14.7 Å². The van der Waals surface area contributed by atoms with Crippen LogP contribution in [0.2, 0.25) is 10.0 Å². The van der Waals surface area contributed by atoms with Gasteiger partial charge in [0.25, 0.3) is 5.91 Å². The molecule has 1 atom stereocenters. The van der Waals surface area contributed by atoms with E-state index >= 15 is 0 Å². The summed E-state index contributed by atoms with van der Waals surface area (Å²) in [5, 5.41) is 11.3. The molecule has 9 heteroatoms. The Hall–Kier alpha value is -3.68. The van der Waals surface area contributed by atoms with Crippen molar-refractivity contribution < 1.29 is 4.79 Å². The summed E-state index contributed by atoms with van der Waals surface area (Å²) in [6, 6.07) is 20.6. The summed E-state index contributed by atoms with van der Waals surface area (Å²) in [7, 11) is 3.99. The van der Waals surface area contributed by atoms with Crippen molar-refractivity contribution in [2.45, 2.75) is 12.5 Å². The zero-order chi connectivity index (χ0) is 24.5. The summed E-state index contributed by atoms with van der Waals surface area (Å²) in [6.07, 6.45) is 3.71. The van der Waals surface area contributed by atoms with Crippen molar-refractivity contribution in [2.75, 3.05) is 19.0 Å². The predicted molar refractivity (Wildman–Crippen MR) is 139 cm³/mol. The molecular formula is C26H22Cl2N6O. The highest BCUT2D eigenvalue weighted by Crippen LogP contribution is 2.35. The summed E-state index contributed by atoms with van der Waals surface area (Å²) >= 11 is 12.4. The molecule has 0 saturated carbocycles. The van der Waals surface area contributed by atoms with Crippen molar-refractivity contribution in [2.24, 2.45) is 5.10 Å². The molecule has 176 valence electrons. The molecule has 1 aliphatic rings. The number of anilines is 1. The number of hydrogen-bond acceptors (Lipinski definition) is 5. The van der Waals surface area contributed by atoms with E-state index in [1.54, 1.807) is 29.2 Å². The molecular weight excluding hydrogens is 483 g/mol. The number of nitrogens with zero attached hydrogens (tertiary/aromatic N) is 6. The van der Waals surface area contributed by atoms with Gasteiger partial charge in [0.15, 0.2) is 0 Å². The van der Waals surface area contributed by atoms with E-state index in [9.17, 15) is 4.79 Å². The maximum absolute atomic E-state index is 13.6. The Morgan fingerprint density at radius 1 is 0.971 bits per heavy atom. The largest absolute Gasteiger partial charge is 0.378 e. The number of carbonyl (C=O) groups excluding carboxylic acids is 1. The Morgan fingerprint density at radius 3 is 2.26 bits per heavy atom. The average Bonchev–Trinajstić information content (AvgIpc) is 3.54. The number of benzene rings is 3. The molecule has 5 rings (SSSR count). The molecule has 3 aromatic carbocycles. The Bertz CT molecular complexity index is 1360. The summed E-state index contributed by atoms with van der Waals surface area (Å²) < 4.78 is 1.69. The van der Waals surface area contributed by atoms with Gasteiger partial charge in [-0.2, -0.15) is 10.2 Å². The molecule has 1 unspecified atom stereocenters. The lowest BCUT2D eigenvalue weighted by molar-refractivity contribution is 0.0711. The Labute approximate surface area is 213 Å². The van der Waals surface area contributed by atoms with Gasteiger partial charge in [0.2, 0.25) is 0 Å². The number of amides is 1. The van der Waals surface area contributed by atoms with Crippen LogP contribution in [0.15, 0.2) is 84.5 Å². The van der Waals surface area contributed by atoms with Gasteiger partial charge >= 0.3 is 0 Å². The van der Waals surface area contributed by atoms with E-state index in [2.05, 4.69) is 10.1 Å². The topological polar surface area (TPSA) is 66.6 Å². The zero-order valence-electron chi connectivity index (χ0n) is 19.1. The van der Waals surface area contributed by atoms with Crippen LogP contribution in [0.5, 0.6) is 0 Å². The van der Waals surface area contributed by atoms with E-state index in [4.69, 9.17) is 28.3 Å². The quantitative estimate of drug-likeness (QED) is 0.353. The normalized spacial score (nSPS) is 15.3. The number of rotatable bonds is 5. The first-order chi connectivity index (χ1) is 16.9. The minimum absolute atomic E-state index is 0.259. The monoisotopic (exact) mass is 504 g/mol. The molecule has 0 radical (unpaired) electrons. The second-order valence-electron chi connectivity index (χ2n) is 8.45. The van der Waals surface area contributed by atoms with Crippen molar-refractivity contribution in [3.63, 3.8) is 0 Å². The standard InChI is InChI=1S/C26H22Cl2N6O/c1-32(2)22-7-5-18(6-8-22)25-14-24(17-3-9-23(10-4-17)33-16-29-15-30-33)31-34(25)26(35)19-11-20(27)13-21(28)12-19/h3-13,15-16,25H,14H2,1-2H3. The summed E-state index contributed by atoms with van der Waals surface area (Å²) in [5.74, 6) is -0.259. The van der Waals surface area contributed by atoms with Crippen LogP contribution in [0.3, 0.4) is 0 Å². The van der Waals surface area contributed by atoms with Crippen molar-refractivity contribution in [1.29, 1.82) is 0 Å². The minimum atomic E-state index is -0.263. The molecule has 4 aromatic rings. The summed E-state index contributed by atoms with van der Waals surface area (Å²) in [6.45, 7) is 0. The smallest absolute Gasteiger partial charge is 0.274 e. The van der Waals surface area contributed by atoms with Gasteiger partial charge in [0, 0.05) is 41.8 Å². The van der Waals surface area contributed by atoms with Crippen LogP contribution >= 0.6 is 23.2 Å². The van der Waals surface area contributed by atoms with Crippen LogP contribution in [0.1, 0.15) is 33.9 Å². The third-order valence-corrected chi connectivity index (χ3v) is 6.34. The van der Waals surface area contributed by atoms with Crippen molar-refractivity contribution in [3.05, 3.63) is 106 Å². The van der Waals surface area contributed by atoms with Gasteiger partial charge in [-0.15, -0.1) is 0 Å². The number of halogens is 2. The maximum atomic E-state index is 13.6. The molecule has 1 amide bonds. The lowest BCUT2D eigenvalue weighted by atomic mass is 9.97. The lowest BCUT2D eigenvalue weighted by Crippen LogP contribution is -2.27. The van der Waals surface area contributed by atoms with Crippen LogP contribution in [0.4, 0.5) is 5.69 Å². The Kier molecular flexibility index (Phi) is 6.28. The van der Waals surface area contributed by atoms with E-state index in [0.717, 1.165) is 28.2 Å². The highest BCUT2D eigenvalue weighted by atomic mass is 35.5. The van der Waals surface area contributed by atoms with Gasteiger partial charge in [0.05, 0.1) is 17.4 Å². The number of aromatic nitrogens is 3. The van der Waals surface area contributed by atoms with E-state index in [0.29, 0.717) is 22.0 Å². The van der Waals surface area contributed by atoms with Gasteiger partial charge in [-0.05, 0) is 53.6 Å². The first kappa shape index (κ1) is 23.1. The Balaban J connectivity index is 1.50. The first-order valence-electron chi connectivity index (χ1n) is 11.0. The molecule has 0 bridgehead atoms. The molecule has 0 fully saturated rings. The Morgan fingerprint density at radius 2 is 1.66 bits per heavy atom. The van der Waals surface area contributed by atoms with Crippen molar-refractivity contribution >= 4 is 40.5 Å². The molecule has 35 heavy (non-hydrogen) atoms. The fraction of sp³-hybridized carbons (Fsp3) is 0.154. The third kappa shape index (κ3) is 4.78. The van der Waals surface area contributed by atoms with Gasteiger partial charge in [-0.1, -0.05) is 47.5 Å². The fourth-order valence-corrected chi connectivity index (χ4v) is 4.61. The van der Waals surface area contributed by atoms with E-state index in [1.807, 2.05) is 67.5 Å². The maximum Gasteiger partial charge on any atom is 0.274 e. The van der Waals surface area contributed by atoms with Crippen LogP contribution in [0.25, 0.3) is 5.69 Å². The van der Waals surface area contributed by atoms with Gasteiger partial charge < -0.3 is 4.90 Å². The molecule has 0 N–H and O–H groups in total. The summed E-state index contributed by atoms with van der Waals surface area (Å²) in [5.41, 5.74) is 5.11. The molecule has 1 aliphatic heterocycles. The van der Waals surface area contributed by atoms with Crippen molar-refractivity contribution in [3.8, 4) is 5.69 Å². The highest BCUT2D eigenvalue weighted by molar-refractivity contribution is 6.35. The van der Waals surface area contributed by atoms with E-state index in [-0.39, 0.29) is 11.9 Å². The second kappa shape index (κ2) is 9.52. The van der Waals surface area contributed by atoms with Crippen molar-refractivity contribution in [1.82, 2.24) is 19.8 Å². The van der Waals surface area contributed by atoms with E-state index in [1.165, 1.54) is 11.3 Å². The number of hydrogen-bond donors (Lipinski definition) is 0. The third-order valence-electron chi connectivity index (χ3n) is 5.91. The molecule has 2 heterocycles. The lowest BCUT2D eigenvalue weighted by Gasteiger charge is -2.23.